The van der Waals surface area contributed by atoms with Gasteiger partial charge < -0.3 is 19.5 Å². The van der Waals surface area contributed by atoms with Gasteiger partial charge in [-0.25, -0.2) is 4.79 Å². The molecule has 1 unspecified atom stereocenters. The quantitative estimate of drug-likeness (QED) is 0.242. The van der Waals surface area contributed by atoms with Crippen molar-refractivity contribution in [3.8, 4) is 11.5 Å². The highest BCUT2D eigenvalue weighted by Gasteiger charge is 2.28. The molecule has 1 aromatic heterocycles. The van der Waals surface area contributed by atoms with Crippen LogP contribution in [-0.4, -0.2) is 26.1 Å². The number of methoxy groups -OCH3 is 2. The van der Waals surface area contributed by atoms with Crippen LogP contribution in [0.3, 0.4) is 0 Å². The van der Waals surface area contributed by atoms with E-state index in [0.29, 0.717) is 39.1 Å². The van der Waals surface area contributed by atoms with Gasteiger partial charge in [-0.3, -0.25) is 4.79 Å². The second-order valence-corrected chi connectivity index (χ2v) is 10.6. The lowest BCUT2D eigenvalue weighted by atomic mass is 9.88. The minimum atomic E-state index is -0.416. The number of halogens is 1. The average molecular weight is 571 g/mol. The Morgan fingerprint density at radius 3 is 2.69 bits per heavy atom. The van der Waals surface area contributed by atoms with Gasteiger partial charge in [0.1, 0.15) is 11.6 Å². The molecule has 1 amide bonds. The Labute approximate surface area is 223 Å². The Bertz CT molecular complexity index is 1280. The second-order valence-electron chi connectivity index (χ2n) is 8.68. The van der Waals surface area contributed by atoms with Crippen LogP contribution in [0.25, 0.3) is 6.08 Å². The number of hydrogen-bond donors (Lipinski definition) is 1. The fourth-order valence-corrected chi connectivity index (χ4v) is 6.16. The lowest BCUT2D eigenvalue weighted by Crippen LogP contribution is -2.14. The molecule has 188 valence electrons. The first-order chi connectivity index (χ1) is 17.4. The monoisotopic (exact) mass is 569 g/mol. The van der Waals surface area contributed by atoms with Crippen molar-refractivity contribution in [3.05, 3.63) is 80.1 Å². The number of nitrogens with one attached hydrogen (secondary N) is 1. The van der Waals surface area contributed by atoms with E-state index in [4.69, 9.17) is 14.2 Å². The van der Waals surface area contributed by atoms with E-state index in [1.807, 2.05) is 36.4 Å². The van der Waals surface area contributed by atoms with E-state index in [1.54, 1.807) is 19.3 Å². The highest BCUT2D eigenvalue weighted by Crippen LogP contribution is 2.40. The molecule has 1 aliphatic rings. The van der Waals surface area contributed by atoms with Gasteiger partial charge in [-0.15, -0.1) is 11.3 Å². The van der Waals surface area contributed by atoms with E-state index < -0.39 is 5.97 Å². The third-order valence-electron chi connectivity index (χ3n) is 6.04. The molecule has 1 atom stereocenters. The van der Waals surface area contributed by atoms with Gasteiger partial charge in [0.25, 0.3) is 0 Å². The zero-order valence-corrected chi connectivity index (χ0v) is 22.8. The summed E-state index contributed by atoms with van der Waals surface area (Å²) in [5, 5.41) is 3.43. The van der Waals surface area contributed by atoms with E-state index in [0.717, 1.165) is 40.8 Å². The predicted octanol–water partition coefficient (Wildman–Crippen LogP) is 6.66. The highest BCUT2D eigenvalue weighted by atomic mass is 79.9. The Morgan fingerprint density at radius 2 is 1.97 bits per heavy atom. The third-order valence-corrected chi connectivity index (χ3v) is 7.80. The minimum Gasteiger partial charge on any atom is -0.493 e. The number of hydrogen-bond acceptors (Lipinski definition) is 6. The van der Waals surface area contributed by atoms with Gasteiger partial charge >= 0.3 is 5.97 Å². The number of ether oxygens (including phenoxy) is 3. The summed E-state index contributed by atoms with van der Waals surface area (Å²) in [6, 6.07) is 13.5. The van der Waals surface area contributed by atoms with E-state index >= 15 is 0 Å². The Kier molecular flexibility index (Phi) is 8.48. The molecule has 36 heavy (non-hydrogen) atoms. The van der Waals surface area contributed by atoms with E-state index in [-0.39, 0.29) is 5.91 Å². The molecule has 3 aromatic rings. The molecule has 1 N–H and O–H groups in total. The van der Waals surface area contributed by atoms with Crippen molar-refractivity contribution in [3.63, 3.8) is 0 Å². The second kappa shape index (κ2) is 11.8. The summed E-state index contributed by atoms with van der Waals surface area (Å²) in [5.74, 6) is 0.947. The van der Waals surface area contributed by atoms with Crippen molar-refractivity contribution in [2.24, 2.45) is 5.92 Å². The van der Waals surface area contributed by atoms with E-state index in [1.165, 1.54) is 24.5 Å². The molecule has 0 fully saturated rings. The maximum absolute atomic E-state index is 12.8. The molecule has 0 saturated carbocycles. The molecule has 0 radical (unpaired) electrons. The van der Waals surface area contributed by atoms with Gasteiger partial charge in [0.2, 0.25) is 5.91 Å². The number of carbonyl (C=O) groups excluding carboxylic acids is 2. The standard InChI is InChI=1S/C28H28BrNO5S/c1-17-9-11-20-23(13-17)36-27(25(20)28(32)34-3)30-24(31)12-10-19-14-21(29)26(22(15-19)33-2)35-16-18-7-5-4-6-8-18/h4-8,10,12,14-15,17H,9,11,13,16H2,1-3H3,(H,30,31). The molecule has 6 nitrogen and oxygen atoms in total. The van der Waals surface area contributed by atoms with Crippen molar-refractivity contribution < 1.29 is 23.8 Å². The van der Waals surface area contributed by atoms with E-state index in [9.17, 15) is 9.59 Å². The lowest BCUT2D eigenvalue weighted by molar-refractivity contribution is -0.111. The molecule has 2 aromatic carbocycles. The molecule has 0 spiro atoms. The van der Waals surface area contributed by atoms with Crippen LogP contribution < -0.4 is 14.8 Å². The largest absolute Gasteiger partial charge is 0.493 e. The molecule has 0 bridgehead atoms. The Balaban J connectivity index is 1.49. The molecule has 4 rings (SSSR count). The summed E-state index contributed by atoms with van der Waals surface area (Å²) in [6.45, 7) is 2.60. The fourth-order valence-electron chi connectivity index (χ4n) is 4.19. The van der Waals surface area contributed by atoms with Crippen molar-refractivity contribution in [1.82, 2.24) is 0 Å². The first kappa shape index (κ1) is 26.0. The van der Waals surface area contributed by atoms with Crippen LogP contribution in [0.2, 0.25) is 0 Å². The van der Waals surface area contributed by atoms with Crippen LogP contribution in [0.1, 0.15) is 45.3 Å². The average Bonchev–Trinajstić information content (AvgIpc) is 3.23. The van der Waals surface area contributed by atoms with Crippen molar-refractivity contribution >= 4 is 50.2 Å². The third kappa shape index (κ3) is 5.99. The maximum Gasteiger partial charge on any atom is 0.341 e. The van der Waals surface area contributed by atoms with Crippen LogP contribution in [0.5, 0.6) is 11.5 Å². The number of fused-ring (bicyclic) bond motifs is 1. The van der Waals surface area contributed by atoms with Crippen LogP contribution in [-0.2, 0) is 29.0 Å². The number of anilines is 1. The number of rotatable bonds is 8. The SMILES string of the molecule is COC(=O)c1c(NC(=O)C=Cc2cc(Br)c(OCc3ccccc3)c(OC)c2)sc2c1CCC(C)C2. The molecular weight excluding hydrogens is 542 g/mol. The molecule has 8 heteroatoms. The normalized spacial score (nSPS) is 14.8. The zero-order valence-electron chi connectivity index (χ0n) is 20.4. The lowest BCUT2D eigenvalue weighted by Gasteiger charge is -2.18. The number of amides is 1. The van der Waals surface area contributed by atoms with Crippen LogP contribution in [0.15, 0.2) is 53.0 Å². The first-order valence-corrected chi connectivity index (χ1v) is 13.3. The van der Waals surface area contributed by atoms with Gasteiger partial charge in [-0.05, 0) is 76.0 Å². The summed E-state index contributed by atoms with van der Waals surface area (Å²) in [7, 11) is 2.94. The zero-order chi connectivity index (χ0) is 25.7. The summed E-state index contributed by atoms with van der Waals surface area (Å²) < 4.78 is 17.2. The summed E-state index contributed by atoms with van der Waals surface area (Å²) >= 11 is 5.02. The van der Waals surface area contributed by atoms with Gasteiger partial charge in [0.05, 0.1) is 24.3 Å². The summed E-state index contributed by atoms with van der Waals surface area (Å²) in [5.41, 5.74) is 3.29. The molecule has 0 aliphatic heterocycles. The molecule has 1 heterocycles. The summed E-state index contributed by atoms with van der Waals surface area (Å²) in [4.78, 5) is 26.4. The van der Waals surface area contributed by atoms with Crippen LogP contribution >= 0.6 is 27.3 Å². The van der Waals surface area contributed by atoms with Crippen molar-refractivity contribution in [1.29, 1.82) is 0 Å². The predicted molar refractivity (Wildman–Crippen MR) is 146 cm³/mol. The van der Waals surface area contributed by atoms with Gasteiger partial charge in [-0.2, -0.15) is 0 Å². The number of carbonyl (C=O) groups is 2. The number of thiophene rings is 1. The first-order valence-electron chi connectivity index (χ1n) is 11.7. The Morgan fingerprint density at radius 1 is 1.19 bits per heavy atom. The van der Waals surface area contributed by atoms with E-state index in [2.05, 4.69) is 28.2 Å². The molecule has 0 saturated heterocycles. The van der Waals surface area contributed by atoms with Gasteiger partial charge in [0, 0.05) is 11.0 Å². The molecular formula is C28H28BrNO5S. The highest BCUT2D eigenvalue weighted by molar-refractivity contribution is 9.10. The summed E-state index contributed by atoms with van der Waals surface area (Å²) in [6.07, 6.45) is 5.87. The number of benzene rings is 2. The topological polar surface area (TPSA) is 73.9 Å². The minimum absolute atomic E-state index is 0.328. The maximum atomic E-state index is 12.8. The van der Waals surface area contributed by atoms with Crippen molar-refractivity contribution in [2.45, 2.75) is 32.8 Å². The van der Waals surface area contributed by atoms with Crippen LogP contribution in [0.4, 0.5) is 5.00 Å². The van der Waals surface area contributed by atoms with Gasteiger partial charge in [0.15, 0.2) is 11.5 Å². The molecule has 1 aliphatic carbocycles. The van der Waals surface area contributed by atoms with Crippen LogP contribution in [0, 0.1) is 5.92 Å². The van der Waals surface area contributed by atoms with Crippen molar-refractivity contribution in [2.75, 3.05) is 19.5 Å². The fraction of sp³-hybridized carbons (Fsp3) is 0.286. The number of esters is 1. The Hall–Kier alpha value is -3.10. The smallest absolute Gasteiger partial charge is 0.341 e. The van der Waals surface area contributed by atoms with Gasteiger partial charge in [-0.1, -0.05) is 37.3 Å².